The molecule has 0 aliphatic rings. The second-order valence-corrected chi connectivity index (χ2v) is 8.40. The van der Waals surface area contributed by atoms with Gasteiger partial charge >= 0.3 is 5.97 Å². The largest absolute Gasteiger partial charge is 0.550 e. The number of anilines is 1. The number of nitrogens with one attached hydrogen (secondary N) is 1. The Hall–Kier alpha value is -2.67. The van der Waals surface area contributed by atoms with Crippen molar-refractivity contribution in [1.82, 2.24) is 0 Å². The molecule has 0 aliphatic heterocycles. The quantitative estimate of drug-likeness (QED) is 0.631. The van der Waals surface area contributed by atoms with Crippen molar-refractivity contribution in [3.63, 3.8) is 0 Å². The van der Waals surface area contributed by atoms with Crippen LogP contribution in [0.2, 0.25) is 0 Å². The lowest BCUT2D eigenvalue weighted by atomic mass is 9.97. The summed E-state index contributed by atoms with van der Waals surface area (Å²) in [4.78, 5) is 36.2. The number of carbonyl (C=O) groups excluding carboxylic acids is 3. The molecule has 0 saturated carbocycles. The van der Waals surface area contributed by atoms with Gasteiger partial charge in [0.1, 0.15) is 10.6 Å². The zero-order valence-electron chi connectivity index (χ0n) is 17.2. The molecule has 1 amide bonds. The lowest BCUT2D eigenvalue weighted by Crippen LogP contribution is -2.24. The van der Waals surface area contributed by atoms with Gasteiger partial charge < -0.3 is 20.0 Å². The first kappa shape index (κ1) is 22.6. The number of hydrogen-bond donors (Lipinski definition) is 1. The van der Waals surface area contributed by atoms with Crippen molar-refractivity contribution in [2.24, 2.45) is 5.92 Å². The molecule has 2 rings (SSSR count). The highest BCUT2D eigenvalue weighted by atomic mass is 32.1. The molecule has 0 radical (unpaired) electrons. The van der Waals surface area contributed by atoms with E-state index in [1.165, 1.54) is 16.9 Å². The number of benzene rings is 1. The van der Waals surface area contributed by atoms with Gasteiger partial charge in [-0.3, -0.25) is 4.79 Å². The Balaban J connectivity index is 2.40. The van der Waals surface area contributed by atoms with Gasteiger partial charge in [0.05, 0.1) is 6.61 Å². The first-order chi connectivity index (χ1) is 13.7. The van der Waals surface area contributed by atoms with Crippen LogP contribution >= 0.6 is 11.3 Å². The number of esters is 1. The number of aryl methyl sites for hydroxylation is 1. The van der Waals surface area contributed by atoms with Gasteiger partial charge in [0.25, 0.3) is 0 Å². The fourth-order valence-corrected chi connectivity index (χ4v) is 4.14. The summed E-state index contributed by atoms with van der Waals surface area (Å²) in [6.07, 6.45) is 0.364. The highest BCUT2D eigenvalue weighted by Gasteiger charge is 2.25. The van der Waals surface area contributed by atoms with Gasteiger partial charge in [-0.25, -0.2) is 4.79 Å². The van der Waals surface area contributed by atoms with E-state index in [2.05, 4.69) is 19.2 Å². The van der Waals surface area contributed by atoms with Gasteiger partial charge in [-0.05, 0) is 43.7 Å². The molecule has 7 heteroatoms. The molecule has 0 spiro atoms. The van der Waals surface area contributed by atoms with Crippen molar-refractivity contribution in [2.75, 3.05) is 11.9 Å². The SMILES string of the molecule is CCOC(=O)c1c(NC(=O)CCC(=O)[O-])sc(C)c1-c1ccc(CC(C)C)cc1. The Kier molecular flexibility index (Phi) is 7.96. The summed E-state index contributed by atoms with van der Waals surface area (Å²) in [5, 5.41) is 13.6. The van der Waals surface area contributed by atoms with Gasteiger partial charge in [0, 0.05) is 22.8 Å². The summed E-state index contributed by atoms with van der Waals surface area (Å²) in [7, 11) is 0. The third-order valence-corrected chi connectivity index (χ3v) is 5.28. The average Bonchev–Trinajstić information content (AvgIpc) is 2.96. The average molecular weight is 417 g/mol. The molecule has 156 valence electrons. The van der Waals surface area contributed by atoms with Crippen LogP contribution in [0.1, 0.15) is 54.4 Å². The predicted molar refractivity (Wildman–Crippen MR) is 112 cm³/mol. The lowest BCUT2D eigenvalue weighted by molar-refractivity contribution is -0.305. The first-order valence-corrected chi connectivity index (χ1v) is 10.4. The monoisotopic (exact) mass is 416 g/mol. The fraction of sp³-hybridized carbons (Fsp3) is 0.409. The summed E-state index contributed by atoms with van der Waals surface area (Å²) in [5.74, 6) is -1.76. The van der Waals surface area contributed by atoms with Crippen LogP contribution < -0.4 is 10.4 Å². The summed E-state index contributed by atoms with van der Waals surface area (Å²) >= 11 is 1.27. The highest BCUT2D eigenvalue weighted by Crippen LogP contribution is 2.40. The Labute approximate surface area is 174 Å². The normalized spacial score (nSPS) is 10.8. The van der Waals surface area contributed by atoms with Crippen molar-refractivity contribution >= 4 is 34.2 Å². The van der Waals surface area contributed by atoms with E-state index in [1.54, 1.807) is 6.92 Å². The van der Waals surface area contributed by atoms with E-state index >= 15 is 0 Å². The molecule has 0 fully saturated rings. The van der Waals surface area contributed by atoms with Crippen molar-refractivity contribution in [1.29, 1.82) is 0 Å². The second-order valence-electron chi connectivity index (χ2n) is 7.17. The van der Waals surface area contributed by atoms with Gasteiger partial charge in [-0.1, -0.05) is 38.1 Å². The number of aliphatic carboxylic acids is 1. The van der Waals surface area contributed by atoms with Gasteiger partial charge in [0.15, 0.2) is 0 Å². The Morgan fingerprint density at radius 3 is 2.34 bits per heavy atom. The molecule has 29 heavy (non-hydrogen) atoms. The molecule has 0 unspecified atom stereocenters. The van der Waals surface area contributed by atoms with Crippen molar-refractivity contribution in [2.45, 2.75) is 47.0 Å². The summed E-state index contributed by atoms with van der Waals surface area (Å²) in [6.45, 7) is 8.12. The highest BCUT2D eigenvalue weighted by molar-refractivity contribution is 7.17. The maximum atomic E-state index is 12.7. The van der Waals surface area contributed by atoms with Crippen LogP contribution in [0, 0.1) is 12.8 Å². The molecule has 1 aromatic carbocycles. The number of rotatable bonds is 9. The van der Waals surface area contributed by atoms with Crippen LogP contribution in [0.25, 0.3) is 11.1 Å². The van der Waals surface area contributed by atoms with Crippen LogP contribution in [0.4, 0.5) is 5.00 Å². The Bertz CT molecular complexity index is 883. The topological polar surface area (TPSA) is 95.5 Å². The van der Waals surface area contributed by atoms with Gasteiger partial charge in [-0.15, -0.1) is 11.3 Å². The number of carboxylic acid groups (broad SMARTS) is 1. The van der Waals surface area contributed by atoms with E-state index in [9.17, 15) is 19.5 Å². The Morgan fingerprint density at radius 1 is 1.14 bits per heavy atom. The summed E-state index contributed by atoms with van der Waals surface area (Å²) < 4.78 is 5.21. The maximum Gasteiger partial charge on any atom is 0.341 e. The van der Waals surface area contributed by atoms with Crippen molar-refractivity contribution in [3.05, 3.63) is 40.3 Å². The van der Waals surface area contributed by atoms with E-state index in [0.717, 1.165) is 22.4 Å². The zero-order valence-corrected chi connectivity index (χ0v) is 18.0. The number of ether oxygens (including phenoxy) is 1. The minimum Gasteiger partial charge on any atom is -0.550 e. The van der Waals surface area contributed by atoms with Gasteiger partial charge in [0.2, 0.25) is 5.91 Å². The number of carboxylic acids is 1. The molecular weight excluding hydrogens is 390 g/mol. The van der Waals surface area contributed by atoms with Crippen LogP contribution in [-0.4, -0.2) is 24.5 Å². The van der Waals surface area contributed by atoms with Crippen LogP contribution in [0.3, 0.4) is 0 Å². The molecule has 2 aromatic rings. The third kappa shape index (κ3) is 6.15. The maximum absolute atomic E-state index is 12.7. The summed E-state index contributed by atoms with van der Waals surface area (Å²) in [6, 6.07) is 8.02. The van der Waals surface area contributed by atoms with Crippen LogP contribution in [0.5, 0.6) is 0 Å². The zero-order chi connectivity index (χ0) is 21.6. The number of carbonyl (C=O) groups is 3. The Morgan fingerprint density at radius 2 is 1.79 bits per heavy atom. The molecule has 0 aliphatic carbocycles. The lowest BCUT2D eigenvalue weighted by Gasteiger charge is -2.10. The molecule has 0 atom stereocenters. The molecule has 0 saturated heterocycles. The van der Waals surface area contributed by atoms with Crippen LogP contribution in [0.15, 0.2) is 24.3 Å². The van der Waals surface area contributed by atoms with Crippen molar-refractivity contribution < 1.29 is 24.2 Å². The van der Waals surface area contributed by atoms with E-state index < -0.39 is 17.8 Å². The van der Waals surface area contributed by atoms with E-state index in [-0.39, 0.29) is 19.4 Å². The van der Waals surface area contributed by atoms with Gasteiger partial charge in [-0.2, -0.15) is 0 Å². The standard InChI is InChI=1S/C22H27NO5S/c1-5-28-22(27)20-19(16-8-6-15(7-9-16)12-13(2)3)14(4)29-21(20)23-17(24)10-11-18(25)26/h6-9,13H,5,10-12H2,1-4H3,(H,23,24)(H,25,26)/p-1. The molecular formula is C22H26NO5S-. The first-order valence-electron chi connectivity index (χ1n) is 9.62. The predicted octanol–water partition coefficient (Wildman–Crippen LogP) is 3.57. The van der Waals surface area contributed by atoms with E-state index in [4.69, 9.17) is 4.74 Å². The number of hydrogen-bond acceptors (Lipinski definition) is 6. The molecule has 0 bridgehead atoms. The minimum atomic E-state index is -1.30. The second kappa shape index (κ2) is 10.2. The minimum absolute atomic E-state index is 0.207. The van der Waals surface area contributed by atoms with E-state index in [0.29, 0.717) is 16.5 Å². The van der Waals surface area contributed by atoms with Crippen LogP contribution in [-0.2, 0) is 20.7 Å². The molecule has 1 aromatic heterocycles. The van der Waals surface area contributed by atoms with E-state index in [1.807, 2.05) is 31.2 Å². The smallest absolute Gasteiger partial charge is 0.341 e. The fourth-order valence-electron chi connectivity index (χ4n) is 3.06. The number of amides is 1. The summed E-state index contributed by atoms with van der Waals surface area (Å²) in [5.41, 5.74) is 3.10. The van der Waals surface area contributed by atoms with Crippen molar-refractivity contribution in [3.8, 4) is 11.1 Å². The molecule has 1 N–H and O–H groups in total. The molecule has 1 heterocycles. The third-order valence-electron chi connectivity index (χ3n) is 4.26. The number of thiophene rings is 1. The molecule has 6 nitrogen and oxygen atoms in total.